The van der Waals surface area contributed by atoms with Crippen molar-refractivity contribution in [2.75, 3.05) is 18.0 Å². The highest BCUT2D eigenvalue weighted by Crippen LogP contribution is 2.23. The van der Waals surface area contributed by atoms with Gasteiger partial charge in [-0.25, -0.2) is 14.8 Å². The molecule has 10 nitrogen and oxygen atoms in total. The van der Waals surface area contributed by atoms with Crippen molar-refractivity contribution in [1.29, 1.82) is 0 Å². The van der Waals surface area contributed by atoms with Crippen LogP contribution in [0.3, 0.4) is 0 Å². The Labute approximate surface area is 196 Å². The molecule has 0 aliphatic carbocycles. The van der Waals surface area contributed by atoms with Gasteiger partial charge in [-0.2, -0.15) is 4.98 Å². The van der Waals surface area contributed by atoms with Crippen LogP contribution in [-0.4, -0.2) is 47.8 Å². The molecule has 0 spiro atoms. The van der Waals surface area contributed by atoms with Gasteiger partial charge in [-0.05, 0) is 45.2 Å². The number of fused-ring (bicyclic) bond motifs is 2. The van der Waals surface area contributed by atoms with E-state index in [4.69, 9.17) is 10.7 Å². The average Bonchev–Trinajstić information content (AvgIpc) is 3.20. The van der Waals surface area contributed by atoms with Crippen molar-refractivity contribution in [2.45, 2.75) is 52.7 Å². The van der Waals surface area contributed by atoms with E-state index >= 15 is 0 Å². The first-order chi connectivity index (χ1) is 16.3. The lowest BCUT2D eigenvalue weighted by Gasteiger charge is -2.31. The van der Waals surface area contributed by atoms with Crippen LogP contribution in [0, 0.1) is 13.8 Å². The Balaban J connectivity index is 1.66. The Hall–Kier alpha value is -3.53. The topological polar surface area (TPSA) is 117 Å². The Morgan fingerprint density at radius 3 is 2.65 bits per heavy atom. The molecule has 4 heterocycles. The third kappa shape index (κ3) is 3.49. The molecule has 1 aromatic carbocycles. The number of aromatic nitrogens is 6. The molecule has 1 atom stereocenters. The van der Waals surface area contributed by atoms with E-state index in [1.54, 1.807) is 7.05 Å². The molecule has 34 heavy (non-hydrogen) atoms. The highest BCUT2D eigenvalue weighted by atomic mass is 16.2. The van der Waals surface area contributed by atoms with E-state index in [0.717, 1.165) is 41.5 Å². The first kappa shape index (κ1) is 22.3. The molecule has 0 radical (unpaired) electrons. The zero-order valence-corrected chi connectivity index (χ0v) is 20.1. The zero-order chi connectivity index (χ0) is 24.1. The molecule has 1 fully saturated rings. The number of imidazole rings is 1. The fourth-order valence-corrected chi connectivity index (χ4v) is 5.07. The first-order valence-corrected chi connectivity index (χ1v) is 11.7. The third-order valence-electron chi connectivity index (χ3n) is 6.73. The summed E-state index contributed by atoms with van der Waals surface area (Å²) in [5.74, 6) is 1.12. The number of hydrogen-bond acceptors (Lipinski definition) is 7. The van der Waals surface area contributed by atoms with Gasteiger partial charge in [0.2, 0.25) is 5.95 Å². The van der Waals surface area contributed by atoms with E-state index in [-0.39, 0.29) is 18.1 Å². The van der Waals surface area contributed by atoms with Gasteiger partial charge in [-0.1, -0.05) is 12.1 Å². The molecule has 4 aromatic rings. The third-order valence-corrected chi connectivity index (χ3v) is 6.73. The Morgan fingerprint density at radius 2 is 1.91 bits per heavy atom. The molecule has 178 valence electrons. The molecule has 1 aliphatic rings. The van der Waals surface area contributed by atoms with Gasteiger partial charge in [0.05, 0.1) is 12.1 Å². The van der Waals surface area contributed by atoms with E-state index in [1.165, 1.54) is 9.13 Å². The number of hydrogen-bond donors (Lipinski definition) is 1. The highest BCUT2D eigenvalue weighted by Gasteiger charge is 2.26. The van der Waals surface area contributed by atoms with Crippen LogP contribution < -0.4 is 21.9 Å². The number of rotatable bonds is 4. The maximum atomic E-state index is 13.6. The van der Waals surface area contributed by atoms with Gasteiger partial charge in [0.15, 0.2) is 11.2 Å². The molecule has 1 aliphatic heterocycles. The predicted octanol–water partition coefficient (Wildman–Crippen LogP) is 1.45. The second-order valence-corrected chi connectivity index (χ2v) is 9.10. The molecule has 0 saturated carbocycles. The summed E-state index contributed by atoms with van der Waals surface area (Å²) < 4.78 is 4.54. The molecular weight excluding hydrogens is 432 g/mol. The van der Waals surface area contributed by atoms with Crippen LogP contribution in [0.1, 0.15) is 36.8 Å². The predicted molar refractivity (Wildman–Crippen MR) is 132 cm³/mol. The van der Waals surface area contributed by atoms with Crippen molar-refractivity contribution >= 4 is 28.0 Å². The second-order valence-electron chi connectivity index (χ2n) is 9.10. The van der Waals surface area contributed by atoms with Gasteiger partial charge >= 0.3 is 5.69 Å². The van der Waals surface area contributed by atoms with Gasteiger partial charge in [0.1, 0.15) is 5.82 Å². The SMILES string of the molecule is CCn1c(N2CCC[C@@H](N)C2)nc2c1c(=O)n(Cc1nc(C)c3c(C)cccc3n1)c(=O)n2C. The van der Waals surface area contributed by atoms with Crippen LogP contribution in [0.25, 0.3) is 22.1 Å². The summed E-state index contributed by atoms with van der Waals surface area (Å²) in [4.78, 5) is 43.0. The van der Waals surface area contributed by atoms with Gasteiger partial charge in [0.25, 0.3) is 5.56 Å². The number of piperidine rings is 1. The number of benzene rings is 1. The fourth-order valence-electron chi connectivity index (χ4n) is 5.07. The van der Waals surface area contributed by atoms with Crippen LogP contribution >= 0.6 is 0 Å². The van der Waals surface area contributed by atoms with E-state index in [2.05, 4.69) is 14.9 Å². The van der Waals surface area contributed by atoms with Crippen molar-refractivity contribution in [3.8, 4) is 0 Å². The molecule has 2 N–H and O–H groups in total. The number of anilines is 1. The van der Waals surface area contributed by atoms with Crippen LogP contribution in [0.15, 0.2) is 27.8 Å². The fraction of sp³-hybridized carbons (Fsp3) is 0.458. The number of aryl methyl sites for hydroxylation is 4. The molecule has 5 rings (SSSR count). The maximum Gasteiger partial charge on any atom is 0.332 e. The van der Waals surface area contributed by atoms with Crippen LogP contribution in [-0.2, 0) is 20.1 Å². The lowest BCUT2D eigenvalue weighted by molar-refractivity contribution is 0.494. The van der Waals surface area contributed by atoms with Crippen LogP contribution in [0.5, 0.6) is 0 Å². The van der Waals surface area contributed by atoms with Gasteiger partial charge in [0, 0.05) is 43.8 Å². The summed E-state index contributed by atoms with van der Waals surface area (Å²) in [6.45, 7) is 7.96. The van der Waals surface area contributed by atoms with Crippen molar-refractivity contribution < 1.29 is 0 Å². The quantitative estimate of drug-likeness (QED) is 0.488. The minimum atomic E-state index is -0.439. The van der Waals surface area contributed by atoms with Crippen molar-refractivity contribution in [3.05, 3.63) is 56.1 Å². The van der Waals surface area contributed by atoms with Crippen LogP contribution in [0.4, 0.5) is 5.95 Å². The molecule has 0 bridgehead atoms. The lowest BCUT2D eigenvalue weighted by atomic mass is 10.1. The minimum absolute atomic E-state index is 0.00894. The molecule has 3 aromatic heterocycles. The Kier molecular flexibility index (Phi) is 5.47. The maximum absolute atomic E-state index is 13.6. The molecule has 0 unspecified atom stereocenters. The Morgan fingerprint density at radius 1 is 1.12 bits per heavy atom. The zero-order valence-electron chi connectivity index (χ0n) is 20.1. The Bertz CT molecular complexity index is 1530. The second kappa shape index (κ2) is 8.35. The lowest BCUT2D eigenvalue weighted by Crippen LogP contribution is -2.44. The van der Waals surface area contributed by atoms with Crippen LogP contribution in [0.2, 0.25) is 0 Å². The summed E-state index contributed by atoms with van der Waals surface area (Å²) in [6, 6.07) is 5.95. The largest absolute Gasteiger partial charge is 0.341 e. The van der Waals surface area contributed by atoms with E-state index < -0.39 is 5.69 Å². The average molecular weight is 463 g/mol. The molecule has 1 saturated heterocycles. The summed E-state index contributed by atoms with van der Waals surface area (Å²) in [5, 5.41) is 0.996. The number of nitrogens with zero attached hydrogens (tertiary/aromatic N) is 7. The van der Waals surface area contributed by atoms with E-state index in [0.29, 0.717) is 36.0 Å². The van der Waals surface area contributed by atoms with E-state index in [1.807, 2.05) is 43.5 Å². The van der Waals surface area contributed by atoms with Gasteiger partial charge < -0.3 is 15.2 Å². The standard InChI is InChI=1S/C24H30N8O2/c1-5-31-20-21(28-23(31)30-11-7-9-16(25)12-30)29(4)24(34)32(22(20)33)13-18-26-15(3)19-14(2)8-6-10-17(19)27-18/h6,8,10,16H,5,7,9,11-13,25H2,1-4H3/t16-/m1/s1. The highest BCUT2D eigenvalue weighted by molar-refractivity contribution is 5.84. The minimum Gasteiger partial charge on any atom is -0.341 e. The van der Waals surface area contributed by atoms with Gasteiger partial charge in [-0.15, -0.1) is 0 Å². The van der Waals surface area contributed by atoms with Gasteiger partial charge in [-0.3, -0.25) is 13.9 Å². The van der Waals surface area contributed by atoms with Crippen molar-refractivity contribution in [3.63, 3.8) is 0 Å². The summed E-state index contributed by atoms with van der Waals surface area (Å²) in [6.07, 6.45) is 1.94. The summed E-state index contributed by atoms with van der Waals surface area (Å²) >= 11 is 0. The molecular formula is C24H30N8O2. The molecule has 10 heteroatoms. The van der Waals surface area contributed by atoms with E-state index in [9.17, 15) is 9.59 Å². The number of nitrogens with two attached hydrogens (primary N) is 1. The van der Waals surface area contributed by atoms with Crippen molar-refractivity contribution in [1.82, 2.24) is 28.7 Å². The molecule has 0 amide bonds. The normalized spacial score (nSPS) is 16.6. The summed E-state index contributed by atoms with van der Waals surface area (Å²) in [7, 11) is 1.65. The monoisotopic (exact) mass is 462 g/mol. The van der Waals surface area contributed by atoms with Crippen molar-refractivity contribution in [2.24, 2.45) is 12.8 Å². The first-order valence-electron chi connectivity index (χ1n) is 11.7. The summed E-state index contributed by atoms with van der Waals surface area (Å²) in [5.41, 5.74) is 8.88. The smallest absolute Gasteiger partial charge is 0.332 e.